The van der Waals surface area contributed by atoms with Crippen LogP contribution in [0.15, 0.2) is 90.5 Å². The topological polar surface area (TPSA) is 94.3 Å². The fourth-order valence-corrected chi connectivity index (χ4v) is 7.07. The molecule has 2 aliphatic heterocycles. The summed E-state index contributed by atoms with van der Waals surface area (Å²) in [5, 5.41) is 7.23. The average molecular weight is 573 g/mol. The number of allylic oxidation sites excluding steroid dienone is 1. The Labute approximate surface area is 251 Å². The van der Waals surface area contributed by atoms with Crippen LogP contribution in [0.3, 0.4) is 0 Å². The highest BCUT2D eigenvalue weighted by atomic mass is 16.2. The number of para-hydroxylation sites is 1. The lowest BCUT2D eigenvalue weighted by molar-refractivity contribution is -0.132. The Bertz CT molecular complexity index is 1720. The van der Waals surface area contributed by atoms with Crippen LogP contribution in [-0.4, -0.2) is 46.2 Å². The van der Waals surface area contributed by atoms with Gasteiger partial charge in [0.05, 0.1) is 6.04 Å². The van der Waals surface area contributed by atoms with Gasteiger partial charge in [-0.2, -0.15) is 0 Å². The first-order valence-corrected chi connectivity index (χ1v) is 15.4. The number of carbonyl (C=O) groups excluding carboxylic acids is 3. The first kappa shape index (κ1) is 27.2. The van der Waals surface area contributed by atoms with Crippen molar-refractivity contribution in [3.05, 3.63) is 118 Å². The van der Waals surface area contributed by atoms with Crippen LogP contribution in [0.2, 0.25) is 0 Å². The number of aromatic amines is 1. The fraction of sp³-hybridized carbons (Fsp3) is 0.306. The summed E-state index contributed by atoms with van der Waals surface area (Å²) >= 11 is 0. The van der Waals surface area contributed by atoms with Crippen LogP contribution in [0, 0.1) is 0 Å². The number of fused-ring (bicyclic) bond motifs is 7. The number of benzene rings is 3. The Morgan fingerprint density at radius 2 is 1.74 bits per heavy atom. The molecule has 3 heterocycles. The average Bonchev–Trinajstić information content (AvgIpc) is 3.56. The molecule has 0 saturated carbocycles. The van der Waals surface area contributed by atoms with E-state index in [0.29, 0.717) is 24.9 Å². The second-order valence-electron chi connectivity index (χ2n) is 11.9. The van der Waals surface area contributed by atoms with Gasteiger partial charge in [-0.1, -0.05) is 78.4 Å². The van der Waals surface area contributed by atoms with Crippen molar-refractivity contribution in [1.82, 2.24) is 20.5 Å². The van der Waals surface area contributed by atoms with Crippen molar-refractivity contribution >= 4 is 28.6 Å². The smallest absolute Gasteiger partial charge is 0.255 e. The molecule has 3 aliphatic rings. The number of nitrogens with one attached hydrogen (secondary N) is 3. The van der Waals surface area contributed by atoms with Crippen LogP contribution in [0.4, 0.5) is 0 Å². The van der Waals surface area contributed by atoms with E-state index in [4.69, 9.17) is 0 Å². The number of aromatic nitrogens is 1. The third-order valence-corrected chi connectivity index (χ3v) is 9.20. The van der Waals surface area contributed by atoms with Gasteiger partial charge in [-0.25, -0.2) is 0 Å². The minimum absolute atomic E-state index is 0.158. The maximum Gasteiger partial charge on any atom is 0.255 e. The molecule has 3 aromatic carbocycles. The number of nitrogens with zero attached hydrogens (tertiary/aromatic N) is 1. The summed E-state index contributed by atoms with van der Waals surface area (Å²) in [5.41, 5.74) is 6.86. The van der Waals surface area contributed by atoms with E-state index in [1.54, 1.807) is 4.90 Å². The van der Waals surface area contributed by atoms with Crippen LogP contribution in [-0.2, 0) is 22.4 Å². The van der Waals surface area contributed by atoms with Crippen molar-refractivity contribution in [2.75, 3.05) is 6.54 Å². The second kappa shape index (κ2) is 11.6. The monoisotopic (exact) mass is 572 g/mol. The molecule has 3 atom stereocenters. The van der Waals surface area contributed by atoms with Crippen molar-refractivity contribution in [3.63, 3.8) is 0 Å². The largest absolute Gasteiger partial charge is 0.356 e. The van der Waals surface area contributed by atoms with Gasteiger partial charge in [0, 0.05) is 41.5 Å². The molecule has 1 aliphatic carbocycles. The number of carbonyl (C=O) groups is 3. The SMILES string of the molecule is O=C(NCCC1=CCCCC1)[C@H](Cc1ccccc1)NC(=O)[C@@H]1Cc2c([nH]c3ccccc23)[C@@H]2c3ccccc3C(=O)N21. The molecule has 0 radical (unpaired) electrons. The Kier molecular flexibility index (Phi) is 7.31. The third kappa shape index (κ3) is 5.13. The van der Waals surface area contributed by atoms with E-state index in [0.717, 1.165) is 52.5 Å². The van der Waals surface area contributed by atoms with Gasteiger partial charge in [-0.05, 0) is 60.9 Å². The summed E-state index contributed by atoms with van der Waals surface area (Å²) in [6.07, 6.45) is 8.48. The summed E-state index contributed by atoms with van der Waals surface area (Å²) < 4.78 is 0. The first-order valence-electron chi connectivity index (χ1n) is 15.4. The molecule has 1 aromatic heterocycles. The third-order valence-electron chi connectivity index (χ3n) is 9.20. The molecule has 3 amide bonds. The molecule has 43 heavy (non-hydrogen) atoms. The van der Waals surface area contributed by atoms with Crippen molar-refractivity contribution in [2.24, 2.45) is 0 Å². The van der Waals surface area contributed by atoms with Crippen molar-refractivity contribution in [2.45, 2.75) is 63.1 Å². The first-order chi connectivity index (χ1) is 21.1. The van der Waals surface area contributed by atoms with E-state index in [9.17, 15) is 14.4 Å². The minimum Gasteiger partial charge on any atom is -0.356 e. The predicted octanol–water partition coefficient (Wildman–Crippen LogP) is 5.37. The summed E-state index contributed by atoms with van der Waals surface area (Å²) in [7, 11) is 0. The lowest BCUT2D eigenvalue weighted by atomic mass is 9.89. The number of amides is 3. The zero-order valence-corrected chi connectivity index (χ0v) is 24.1. The summed E-state index contributed by atoms with van der Waals surface area (Å²) in [6.45, 7) is 0.538. The van der Waals surface area contributed by atoms with Gasteiger partial charge in [-0.15, -0.1) is 0 Å². The highest BCUT2D eigenvalue weighted by molar-refractivity contribution is 6.04. The van der Waals surface area contributed by atoms with Gasteiger partial charge in [0.15, 0.2) is 0 Å². The molecule has 218 valence electrons. The Morgan fingerprint density at radius 1 is 0.953 bits per heavy atom. The van der Waals surface area contributed by atoms with Gasteiger partial charge < -0.3 is 20.5 Å². The van der Waals surface area contributed by atoms with Crippen LogP contribution in [0.1, 0.15) is 70.9 Å². The van der Waals surface area contributed by atoms with Crippen molar-refractivity contribution in [1.29, 1.82) is 0 Å². The zero-order chi connectivity index (χ0) is 29.3. The Morgan fingerprint density at radius 3 is 2.58 bits per heavy atom. The lowest BCUT2D eigenvalue weighted by Crippen LogP contribution is -2.57. The van der Waals surface area contributed by atoms with Gasteiger partial charge in [0.25, 0.3) is 5.91 Å². The maximum atomic E-state index is 14.2. The van der Waals surface area contributed by atoms with E-state index in [1.807, 2.05) is 72.8 Å². The van der Waals surface area contributed by atoms with Crippen LogP contribution < -0.4 is 10.6 Å². The van der Waals surface area contributed by atoms with Gasteiger partial charge in [-0.3, -0.25) is 14.4 Å². The highest BCUT2D eigenvalue weighted by Gasteiger charge is 2.49. The molecular weight excluding hydrogens is 536 g/mol. The van der Waals surface area contributed by atoms with Gasteiger partial charge >= 0.3 is 0 Å². The van der Waals surface area contributed by atoms with E-state index in [-0.39, 0.29) is 23.8 Å². The quantitative estimate of drug-likeness (QED) is 0.248. The Hall–Kier alpha value is -4.65. The summed E-state index contributed by atoms with van der Waals surface area (Å²) in [4.78, 5) is 46.9. The molecule has 0 unspecified atom stereocenters. The van der Waals surface area contributed by atoms with Crippen LogP contribution in [0.25, 0.3) is 10.9 Å². The molecular formula is C36H36N4O3. The molecule has 4 aromatic rings. The maximum absolute atomic E-state index is 14.2. The molecule has 0 saturated heterocycles. The zero-order valence-electron chi connectivity index (χ0n) is 24.1. The van der Waals surface area contributed by atoms with Crippen LogP contribution >= 0.6 is 0 Å². The molecule has 7 heteroatoms. The Balaban J connectivity index is 1.17. The van der Waals surface area contributed by atoms with E-state index in [2.05, 4.69) is 27.8 Å². The second-order valence-corrected chi connectivity index (χ2v) is 11.9. The number of H-pyrrole nitrogens is 1. The van der Waals surface area contributed by atoms with Gasteiger partial charge in [0.1, 0.15) is 12.1 Å². The fourth-order valence-electron chi connectivity index (χ4n) is 7.07. The van der Waals surface area contributed by atoms with Crippen molar-refractivity contribution in [3.8, 4) is 0 Å². The molecule has 3 N–H and O–H groups in total. The highest BCUT2D eigenvalue weighted by Crippen LogP contribution is 2.46. The molecule has 7 rings (SSSR count). The standard InChI is InChI=1S/C36H36N4O3/c41-34(37-20-19-23-11-3-1-4-12-23)30(21-24-13-5-2-6-14-24)39-35(42)31-22-28-25-15-9-10-18-29(25)38-32(28)33-26-16-7-8-17-27(26)36(43)40(31)33/h2,5-11,13-18,30-31,33,38H,1,3-4,12,19-22H2,(H,37,41)(H,39,42)/t30-,31-,33-/m0/s1. The molecule has 0 bridgehead atoms. The number of hydrogen-bond acceptors (Lipinski definition) is 3. The summed E-state index contributed by atoms with van der Waals surface area (Å²) in [5.74, 6) is -0.673. The van der Waals surface area contributed by atoms with E-state index in [1.165, 1.54) is 18.4 Å². The molecule has 0 fully saturated rings. The normalized spacial score (nSPS) is 19.7. The van der Waals surface area contributed by atoms with Crippen molar-refractivity contribution < 1.29 is 14.4 Å². The van der Waals surface area contributed by atoms with Crippen LogP contribution in [0.5, 0.6) is 0 Å². The predicted molar refractivity (Wildman–Crippen MR) is 166 cm³/mol. The van der Waals surface area contributed by atoms with E-state index < -0.39 is 12.1 Å². The summed E-state index contributed by atoms with van der Waals surface area (Å²) in [6, 6.07) is 23.5. The number of rotatable bonds is 8. The molecule has 7 nitrogen and oxygen atoms in total. The van der Waals surface area contributed by atoms with E-state index >= 15 is 0 Å². The molecule has 0 spiro atoms. The minimum atomic E-state index is -0.766. The van der Waals surface area contributed by atoms with Gasteiger partial charge in [0.2, 0.25) is 11.8 Å². The lowest BCUT2D eigenvalue weighted by Gasteiger charge is -2.37. The number of hydrogen-bond donors (Lipinski definition) is 3.